The molecule has 0 saturated carbocycles. The van der Waals surface area contributed by atoms with Crippen LogP contribution in [0.2, 0.25) is 5.02 Å². The number of nitrogens with zero attached hydrogens (tertiary/aromatic N) is 3. The van der Waals surface area contributed by atoms with Gasteiger partial charge in [0.1, 0.15) is 0 Å². The van der Waals surface area contributed by atoms with Gasteiger partial charge in [-0.3, -0.25) is 9.69 Å². The van der Waals surface area contributed by atoms with Crippen molar-refractivity contribution < 1.29 is 13.9 Å². The van der Waals surface area contributed by atoms with Crippen LogP contribution in [-0.2, 0) is 9.53 Å². The quantitative estimate of drug-likeness (QED) is 0.541. The Labute approximate surface area is 161 Å². The van der Waals surface area contributed by atoms with Gasteiger partial charge in [0, 0.05) is 30.2 Å². The molecular weight excluding hydrogens is 376 g/mol. The molecule has 0 aliphatic carbocycles. The standard InChI is InChI=1S/C17H21ClN4O3S/c18-14-4-2-13(3-5-14)16-20-21-17(25-16)26-12-15(23)19-6-1-7-22-8-10-24-11-9-22/h2-5H,1,6-12H2,(H,19,23). The Morgan fingerprint density at radius 1 is 1.23 bits per heavy atom. The Balaban J connectivity index is 1.34. The lowest BCUT2D eigenvalue weighted by Gasteiger charge is -2.26. The van der Waals surface area contributed by atoms with E-state index in [0.29, 0.717) is 22.7 Å². The molecule has 1 aliphatic heterocycles. The van der Waals surface area contributed by atoms with E-state index in [4.69, 9.17) is 20.8 Å². The number of carbonyl (C=O) groups is 1. The summed E-state index contributed by atoms with van der Waals surface area (Å²) < 4.78 is 10.9. The fourth-order valence-corrected chi connectivity index (χ4v) is 3.23. The number of nitrogens with one attached hydrogen (secondary N) is 1. The van der Waals surface area contributed by atoms with Crippen molar-refractivity contribution in [2.24, 2.45) is 0 Å². The largest absolute Gasteiger partial charge is 0.411 e. The molecule has 2 heterocycles. The Hall–Kier alpha value is -1.61. The van der Waals surface area contributed by atoms with Gasteiger partial charge in [0.2, 0.25) is 11.8 Å². The fourth-order valence-electron chi connectivity index (χ4n) is 2.51. The Bertz CT molecular complexity index is 704. The summed E-state index contributed by atoms with van der Waals surface area (Å²) >= 11 is 7.09. The number of thioether (sulfide) groups is 1. The van der Waals surface area contributed by atoms with Crippen LogP contribution >= 0.6 is 23.4 Å². The second-order valence-electron chi connectivity index (χ2n) is 5.83. The Morgan fingerprint density at radius 3 is 2.77 bits per heavy atom. The van der Waals surface area contributed by atoms with E-state index < -0.39 is 0 Å². The number of halogens is 1. The summed E-state index contributed by atoms with van der Waals surface area (Å²) in [6.45, 7) is 5.17. The van der Waals surface area contributed by atoms with Crippen molar-refractivity contribution in [2.75, 3.05) is 45.1 Å². The van der Waals surface area contributed by atoms with E-state index >= 15 is 0 Å². The van der Waals surface area contributed by atoms with E-state index in [0.717, 1.165) is 44.8 Å². The SMILES string of the molecule is O=C(CSc1nnc(-c2ccc(Cl)cc2)o1)NCCCN1CCOCC1. The van der Waals surface area contributed by atoms with E-state index in [1.54, 1.807) is 12.1 Å². The number of benzene rings is 1. The summed E-state index contributed by atoms with van der Waals surface area (Å²) in [5.74, 6) is 0.623. The van der Waals surface area contributed by atoms with Crippen LogP contribution in [0.25, 0.3) is 11.5 Å². The van der Waals surface area contributed by atoms with Crippen LogP contribution in [-0.4, -0.2) is 66.2 Å². The first-order valence-electron chi connectivity index (χ1n) is 8.50. The van der Waals surface area contributed by atoms with E-state index in [1.807, 2.05) is 12.1 Å². The molecule has 1 aromatic heterocycles. The zero-order valence-electron chi connectivity index (χ0n) is 14.3. The third kappa shape index (κ3) is 5.98. The maximum Gasteiger partial charge on any atom is 0.277 e. The first-order chi connectivity index (χ1) is 12.7. The number of amides is 1. The maximum absolute atomic E-state index is 11.9. The zero-order valence-corrected chi connectivity index (χ0v) is 15.9. The molecule has 0 spiro atoms. The molecule has 3 rings (SSSR count). The van der Waals surface area contributed by atoms with Gasteiger partial charge in [-0.15, -0.1) is 10.2 Å². The topological polar surface area (TPSA) is 80.5 Å². The summed E-state index contributed by atoms with van der Waals surface area (Å²) in [4.78, 5) is 14.3. The molecule has 2 aromatic rings. The zero-order chi connectivity index (χ0) is 18.2. The van der Waals surface area contributed by atoms with Gasteiger partial charge in [-0.1, -0.05) is 23.4 Å². The molecule has 1 aliphatic rings. The number of rotatable bonds is 8. The smallest absolute Gasteiger partial charge is 0.277 e. The van der Waals surface area contributed by atoms with Crippen LogP contribution in [0.15, 0.2) is 33.9 Å². The molecule has 1 aromatic carbocycles. The van der Waals surface area contributed by atoms with Crippen molar-refractivity contribution in [1.29, 1.82) is 0 Å². The highest BCUT2D eigenvalue weighted by Crippen LogP contribution is 2.24. The number of hydrogen-bond donors (Lipinski definition) is 1. The summed E-state index contributed by atoms with van der Waals surface area (Å²) in [6, 6.07) is 7.15. The van der Waals surface area contributed by atoms with Crippen LogP contribution in [0.1, 0.15) is 6.42 Å². The lowest BCUT2D eigenvalue weighted by molar-refractivity contribution is -0.118. The molecule has 140 valence electrons. The summed E-state index contributed by atoms with van der Waals surface area (Å²) in [5.41, 5.74) is 0.793. The fraction of sp³-hybridized carbons (Fsp3) is 0.471. The average Bonchev–Trinajstić information content (AvgIpc) is 3.14. The van der Waals surface area contributed by atoms with E-state index in [2.05, 4.69) is 20.4 Å². The predicted molar refractivity (Wildman–Crippen MR) is 100 cm³/mol. The molecule has 1 saturated heterocycles. The van der Waals surface area contributed by atoms with Crippen molar-refractivity contribution in [3.8, 4) is 11.5 Å². The van der Waals surface area contributed by atoms with Crippen LogP contribution < -0.4 is 5.32 Å². The van der Waals surface area contributed by atoms with Gasteiger partial charge in [-0.25, -0.2) is 0 Å². The molecular formula is C17H21ClN4O3S. The Morgan fingerprint density at radius 2 is 2.00 bits per heavy atom. The predicted octanol–water partition coefficient (Wildman–Crippen LogP) is 2.32. The minimum atomic E-state index is -0.0387. The lowest BCUT2D eigenvalue weighted by atomic mass is 10.2. The van der Waals surface area contributed by atoms with Crippen molar-refractivity contribution in [3.05, 3.63) is 29.3 Å². The molecule has 0 atom stereocenters. The van der Waals surface area contributed by atoms with E-state index in [-0.39, 0.29) is 11.7 Å². The van der Waals surface area contributed by atoms with E-state index in [9.17, 15) is 4.79 Å². The molecule has 0 unspecified atom stereocenters. The highest BCUT2D eigenvalue weighted by atomic mass is 35.5. The molecule has 9 heteroatoms. The molecule has 1 fully saturated rings. The van der Waals surface area contributed by atoms with Gasteiger partial charge in [0.15, 0.2) is 0 Å². The summed E-state index contributed by atoms with van der Waals surface area (Å²) in [7, 11) is 0. The number of ether oxygens (including phenoxy) is 1. The van der Waals surface area contributed by atoms with E-state index in [1.165, 1.54) is 11.8 Å². The molecule has 1 N–H and O–H groups in total. The first kappa shape index (κ1) is 19.2. The number of aromatic nitrogens is 2. The normalized spacial score (nSPS) is 15.1. The van der Waals surface area contributed by atoms with Gasteiger partial charge in [0.25, 0.3) is 5.22 Å². The third-order valence-corrected chi connectivity index (χ3v) is 4.97. The molecule has 26 heavy (non-hydrogen) atoms. The minimum absolute atomic E-state index is 0.0387. The molecule has 7 nitrogen and oxygen atoms in total. The van der Waals surface area contributed by atoms with Gasteiger partial charge >= 0.3 is 0 Å². The van der Waals surface area contributed by atoms with Crippen LogP contribution in [0, 0.1) is 0 Å². The lowest BCUT2D eigenvalue weighted by Crippen LogP contribution is -2.38. The second kappa shape index (κ2) is 9.91. The Kier molecular flexibility index (Phi) is 7.31. The number of hydrogen-bond acceptors (Lipinski definition) is 7. The highest BCUT2D eigenvalue weighted by molar-refractivity contribution is 7.99. The van der Waals surface area contributed by atoms with Gasteiger partial charge in [-0.2, -0.15) is 0 Å². The molecule has 0 bridgehead atoms. The summed E-state index contributed by atoms with van der Waals surface area (Å²) in [6.07, 6.45) is 0.928. The number of morpholine rings is 1. The van der Waals surface area contributed by atoms with Crippen molar-refractivity contribution in [3.63, 3.8) is 0 Å². The van der Waals surface area contributed by atoms with Gasteiger partial charge < -0.3 is 14.5 Å². The highest BCUT2D eigenvalue weighted by Gasteiger charge is 2.12. The first-order valence-corrected chi connectivity index (χ1v) is 9.86. The monoisotopic (exact) mass is 396 g/mol. The third-order valence-electron chi connectivity index (χ3n) is 3.90. The second-order valence-corrected chi connectivity index (χ2v) is 7.19. The van der Waals surface area contributed by atoms with Crippen molar-refractivity contribution >= 4 is 29.3 Å². The van der Waals surface area contributed by atoms with Gasteiger partial charge in [-0.05, 0) is 37.2 Å². The summed E-state index contributed by atoms with van der Waals surface area (Å²) in [5, 5.41) is 11.9. The van der Waals surface area contributed by atoms with Crippen molar-refractivity contribution in [1.82, 2.24) is 20.4 Å². The number of carbonyl (C=O) groups excluding carboxylic acids is 1. The van der Waals surface area contributed by atoms with Gasteiger partial charge in [0.05, 0.1) is 19.0 Å². The van der Waals surface area contributed by atoms with Crippen molar-refractivity contribution in [2.45, 2.75) is 11.6 Å². The maximum atomic E-state index is 11.9. The van der Waals surface area contributed by atoms with Crippen LogP contribution in [0.4, 0.5) is 0 Å². The average molecular weight is 397 g/mol. The molecule has 1 amide bonds. The minimum Gasteiger partial charge on any atom is -0.411 e. The van der Waals surface area contributed by atoms with Crippen LogP contribution in [0.3, 0.4) is 0 Å². The molecule has 0 radical (unpaired) electrons. The van der Waals surface area contributed by atoms with Crippen LogP contribution in [0.5, 0.6) is 0 Å².